The first-order chi connectivity index (χ1) is 11.8. The highest BCUT2D eigenvalue weighted by Crippen LogP contribution is 2.10. The molecule has 2 N–H and O–H groups in total. The molecule has 0 fully saturated rings. The van der Waals surface area contributed by atoms with Crippen LogP contribution in [-0.2, 0) is 6.42 Å². The number of hydrogen-bond acceptors (Lipinski definition) is 4. The van der Waals surface area contributed by atoms with Crippen LogP contribution in [0.4, 0.5) is 0 Å². The average Bonchev–Trinajstić information content (AvgIpc) is 3.02. The molecule has 0 aliphatic heterocycles. The molecule has 0 amide bonds. The van der Waals surface area contributed by atoms with Crippen LogP contribution in [0.25, 0.3) is 0 Å². The Morgan fingerprint density at radius 2 is 1.92 bits per heavy atom. The van der Waals surface area contributed by atoms with Crippen LogP contribution in [0.1, 0.15) is 23.5 Å². The number of guanidine groups is 1. The molecule has 0 bridgehead atoms. The van der Waals surface area contributed by atoms with Crippen molar-refractivity contribution in [3.8, 4) is 5.75 Å². The smallest absolute Gasteiger partial charge is 0.190 e. The maximum atomic E-state index is 5.66. The number of para-hydroxylation sites is 1. The zero-order valence-electron chi connectivity index (χ0n) is 14.4. The monoisotopic (exact) mass is 346 g/mol. The van der Waals surface area contributed by atoms with Crippen LogP contribution in [0.3, 0.4) is 0 Å². The molecule has 2 rings (SSSR count). The molecule has 0 atom stereocenters. The van der Waals surface area contributed by atoms with Gasteiger partial charge in [-0.25, -0.2) is 4.98 Å². The second-order valence-corrected chi connectivity index (χ2v) is 6.37. The molecule has 6 heteroatoms. The minimum atomic E-state index is 0.692. The molecule has 2 aromatic rings. The van der Waals surface area contributed by atoms with Crippen LogP contribution in [0.5, 0.6) is 5.75 Å². The van der Waals surface area contributed by atoms with Gasteiger partial charge in [-0.15, -0.1) is 11.3 Å². The Kier molecular flexibility index (Phi) is 8.10. The van der Waals surface area contributed by atoms with Gasteiger partial charge in [0.1, 0.15) is 5.75 Å². The minimum absolute atomic E-state index is 0.692. The van der Waals surface area contributed by atoms with Crippen molar-refractivity contribution in [3.63, 3.8) is 0 Å². The minimum Gasteiger partial charge on any atom is -0.494 e. The Morgan fingerprint density at radius 3 is 2.58 bits per heavy atom. The van der Waals surface area contributed by atoms with Gasteiger partial charge < -0.3 is 15.4 Å². The number of thiazole rings is 1. The number of aliphatic imine (C=N–C) groups is 1. The van der Waals surface area contributed by atoms with Gasteiger partial charge >= 0.3 is 0 Å². The summed E-state index contributed by atoms with van der Waals surface area (Å²) in [4.78, 5) is 8.71. The summed E-state index contributed by atoms with van der Waals surface area (Å²) in [7, 11) is 1.79. The third-order valence-corrected chi connectivity index (χ3v) is 4.40. The number of nitrogens with one attached hydrogen (secondary N) is 2. The number of nitrogens with zero attached hydrogens (tertiary/aromatic N) is 2. The number of rotatable bonds is 9. The summed E-state index contributed by atoms with van der Waals surface area (Å²) in [6, 6.07) is 9.88. The number of benzene rings is 1. The second-order valence-electron chi connectivity index (χ2n) is 5.43. The van der Waals surface area contributed by atoms with Gasteiger partial charge in [0.15, 0.2) is 5.96 Å². The van der Waals surface area contributed by atoms with Crippen molar-refractivity contribution in [2.45, 2.75) is 26.2 Å². The van der Waals surface area contributed by atoms with E-state index < -0.39 is 0 Å². The van der Waals surface area contributed by atoms with Crippen molar-refractivity contribution in [1.29, 1.82) is 0 Å². The fourth-order valence-electron chi connectivity index (χ4n) is 2.17. The van der Waals surface area contributed by atoms with Crippen molar-refractivity contribution in [1.82, 2.24) is 15.6 Å². The van der Waals surface area contributed by atoms with E-state index in [-0.39, 0.29) is 0 Å². The SMILES string of the molecule is CN=C(NCCCOc1ccccc1)NCCCc1nc(C)cs1. The quantitative estimate of drug-likeness (QED) is 0.416. The topological polar surface area (TPSA) is 58.5 Å². The van der Waals surface area contributed by atoms with Gasteiger partial charge in [-0.05, 0) is 31.9 Å². The number of aryl methyl sites for hydroxylation is 2. The molecule has 0 aliphatic carbocycles. The molecule has 0 spiro atoms. The standard InChI is InChI=1S/C18H26N4OS/c1-15-14-24-17(22-15)10-6-11-20-18(19-2)21-12-7-13-23-16-8-4-3-5-9-16/h3-5,8-9,14H,6-7,10-13H2,1-2H3,(H2,19,20,21). The summed E-state index contributed by atoms with van der Waals surface area (Å²) >= 11 is 1.73. The molecular weight excluding hydrogens is 320 g/mol. The fraction of sp³-hybridized carbons (Fsp3) is 0.444. The Hall–Kier alpha value is -2.08. The molecular formula is C18H26N4OS. The number of ether oxygens (including phenoxy) is 1. The molecule has 130 valence electrons. The summed E-state index contributed by atoms with van der Waals surface area (Å²) in [6.07, 6.45) is 2.98. The van der Waals surface area contributed by atoms with Gasteiger partial charge in [-0.3, -0.25) is 4.99 Å². The van der Waals surface area contributed by atoms with E-state index in [1.165, 1.54) is 5.01 Å². The van der Waals surface area contributed by atoms with Crippen LogP contribution in [0.2, 0.25) is 0 Å². The summed E-state index contributed by atoms with van der Waals surface area (Å²) in [5, 5.41) is 9.94. The zero-order chi connectivity index (χ0) is 17.0. The molecule has 0 aliphatic rings. The van der Waals surface area contributed by atoms with E-state index in [0.29, 0.717) is 6.61 Å². The maximum absolute atomic E-state index is 5.66. The predicted molar refractivity (Wildman–Crippen MR) is 101 cm³/mol. The number of hydrogen-bond donors (Lipinski definition) is 2. The largest absolute Gasteiger partial charge is 0.494 e. The molecule has 1 aromatic carbocycles. The van der Waals surface area contributed by atoms with E-state index in [0.717, 1.165) is 49.8 Å². The van der Waals surface area contributed by atoms with E-state index in [9.17, 15) is 0 Å². The van der Waals surface area contributed by atoms with Gasteiger partial charge in [0, 0.05) is 37.6 Å². The molecule has 24 heavy (non-hydrogen) atoms. The highest BCUT2D eigenvalue weighted by Gasteiger charge is 2.00. The summed E-state index contributed by atoms with van der Waals surface area (Å²) in [5.74, 6) is 1.75. The number of aromatic nitrogens is 1. The van der Waals surface area contributed by atoms with Gasteiger partial charge in [0.25, 0.3) is 0 Å². The average molecular weight is 347 g/mol. The lowest BCUT2D eigenvalue weighted by molar-refractivity contribution is 0.311. The first-order valence-corrected chi connectivity index (χ1v) is 9.19. The Balaban J connectivity index is 1.52. The zero-order valence-corrected chi connectivity index (χ0v) is 15.2. The second kappa shape index (κ2) is 10.6. The highest BCUT2D eigenvalue weighted by molar-refractivity contribution is 7.09. The molecule has 1 heterocycles. The van der Waals surface area contributed by atoms with Gasteiger partial charge in [-0.2, -0.15) is 0 Å². The van der Waals surface area contributed by atoms with Gasteiger partial charge in [-0.1, -0.05) is 18.2 Å². The highest BCUT2D eigenvalue weighted by atomic mass is 32.1. The van der Waals surface area contributed by atoms with Crippen molar-refractivity contribution >= 4 is 17.3 Å². The molecule has 0 radical (unpaired) electrons. The van der Waals surface area contributed by atoms with E-state index in [4.69, 9.17) is 4.74 Å². The summed E-state index contributed by atoms with van der Waals surface area (Å²) < 4.78 is 5.66. The molecule has 0 saturated heterocycles. The third-order valence-electron chi connectivity index (χ3n) is 3.38. The maximum Gasteiger partial charge on any atom is 0.190 e. The Labute approximate surface area is 148 Å². The van der Waals surface area contributed by atoms with E-state index in [1.807, 2.05) is 37.3 Å². The Bertz CT molecular complexity index is 612. The van der Waals surface area contributed by atoms with Crippen LogP contribution in [0.15, 0.2) is 40.7 Å². The van der Waals surface area contributed by atoms with Crippen molar-refractivity contribution in [2.75, 3.05) is 26.7 Å². The predicted octanol–water partition coefficient (Wildman–Crippen LogP) is 3.02. The Morgan fingerprint density at radius 1 is 1.17 bits per heavy atom. The van der Waals surface area contributed by atoms with Crippen LogP contribution in [-0.4, -0.2) is 37.7 Å². The van der Waals surface area contributed by atoms with Gasteiger partial charge in [0.05, 0.1) is 11.6 Å². The lowest BCUT2D eigenvalue weighted by Crippen LogP contribution is -2.38. The van der Waals surface area contributed by atoms with Crippen molar-refractivity contribution in [3.05, 3.63) is 46.4 Å². The summed E-state index contributed by atoms with van der Waals surface area (Å²) in [6.45, 7) is 4.44. The van der Waals surface area contributed by atoms with Crippen LogP contribution < -0.4 is 15.4 Å². The van der Waals surface area contributed by atoms with E-state index >= 15 is 0 Å². The van der Waals surface area contributed by atoms with Crippen molar-refractivity contribution in [2.24, 2.45) is 4.99 Å². The molecule has 1 aromatic heterocycles. The van der Waals surface area contributed by atoms with E-state index in [2.05, 4.69) is 26.0 Å². The molecule has 0 saturated carbocycles. The normalized spacial score (nSPS) is 11.3. The third kappa shape index (κ3) is 7.00. The van der Waals surface area contributed by atoms with E-state index in [1.54, 1.807) is 18.4 Å². The van der Waals surface area contributed by atoms with Crippen LogP contribution in [0, 0.1) is 6.92 Å². The first kappa shape index (κ1) is 18.3. The lowest BCUT2D eigenvalue weighted by Gasteiger charge is -2.12. The van der Waals surface area contributed by atoms with Crippen LogP contribution >= 0.6 is 11.3 Å². The fourth-order valence-corrected chi connectivity index (χ4v) is 2.99. The van der Waals surface area contributed by atoms with Crippen molar-refractivity contribution < 1.29 is 4.74 Å². The van der Waals surface area contributed by atoms with Gasteiger partial charge in [0.2, 0.25) is 0 Å². The lowest BCUT2D eigenvalue weighted by atomic mass is 10.3. The molecule has 5 nitrogen and oxygen atoms in total. The summed E-state index contributed by atoms with van der Waals surface area (Å²) in [5.41, 5.74) is 1.11. The first-order valence-electron chi connectivity index (χ1n) is 8.31. The molecule has 0 unspecified atom stereocenters.